The van der Waals surface area contributed by atoms with E-state index < -0.39 is 0 Å². The van der Waals surface area contributed by atoms with Gasteiger partial charge in [-0.25, -0.2) is 0 Å². The molecule has 0 spiro atoms. The fourth-order valence-corrected chi connectivity index (χ4v) is 1.59. The SMILES string of the molecule is CN(CC#CCNC(=O)C(C)(C)C)Cc1ccccc1. The van der Waals surface area contributed by atoms with Crippen LogP contribution in [0.4, 0.5) is 0 Å². The minimum atomic E-state index is -0.355. The lowest BCUT2D eigenvalue weighted by Crippen LogP contribution is -2.34. The number of hydrogen-bond donors (Lipinski definition) is 1. The Hall–Kier alpha value is -1.79. The molecule has 0 aliphatic rings. The molecule has 0 saturated heterocycles. The Labute approximate surface area is 122 Å². The first-order valence-electron chi connectivity index (χ1n) is 6.86. The number of benzene rings is 1. The number of amides is 1. The van der Waals surface area contributed by atoms with Gasteiger partial charge in [0.1, 0.15) is 0 Å². The summed E-state index contributed by atoms with van der Waals surface area (Å²) < 4.78 is 0. The second-order valence-electron chi connectivity index (χ2n) is 5.94. The van der Waals surface area contributed by atoms with E-state index in [0.717, 1.165) is 6.54 Å². The van der Waals surface area contributed by atoms with Crippen LogP contribution in [-0.4, -0.2) is 30.9 Å². The van der Waals surface area contributed by atoms with Crippen LogP contribution in [0.15, 0.2) is 30.3 Å². The minimum Gasteiger partial charge on any atom is -0.345 e. The summed E-state index contributed by atoms with van der Waals surface area (Å²) in [6.45, 7) is 7.66. The average Bonchev–Trinajstić information content (AvgIpc) is 2.38. The molecule has 0 heterocycles. The normalized spacial score (nSPS) is 10.8. The second-order valence-corrected chi connectivity index (χ2v) is 5.94. The molecule has 1 N–H and O–H groups in total. The Balaban J connectivity index is 2.27. The van der Waals surface area contributed by atoms with Crippen molar-refractivity contribution in [2.24, 2.45) is 5.41 Å². The molecule has 3 heteroatoms. The van der Waals surface area contributed by atoms with Gasteiger partial charge in [0.2, 0.25) is 5.91 Å². The zero-order valence-corrected chi connectivity index (χ0v) is 12.9. The molecule has 0 unspecified atom stereocenters. The van der Waals surface area contributed by atoms with Gasteiger partial charge in [-0.2, -0.15) is 0 Å². The summed E-state index contributed by atoms with van der Waals surface area (Å²) in [7, 11) is 2.04. The third kappa shape index (κ3) is 6.40. The second kappa shape index (κ2) is 7.72. The van der Waals surface area contributed by atoms with Crippen LogP contribution in [0, 0.1) is 17.3 Å². The van der Waals surface area contributed by atoms with Gasteiger partial charge < -0.3 is 5.32 Å². The van der Waals surface area contributed by atoms with Crippen molar-refractivity contribution in [2.75, 3.05) is 20.1 Å². The summed E-state index contributed by atoms with van der Waals surface area (Å²) in [6.07, 6.45) is 0. The maximum atomic E-state index is 11.6. The third-order valence-electron chi connectivity index (χ3n) is 2.79. The molecule has 108 valence electrons. The standard InChI is InChI=1S/C17H24N2O/c1-17(2,3)16(20)18-12-8-9-13-19(4)14-15-10-6-5-7-11-15/h5-7,10-11H,12-14H2,1-4H3,(H,18,20). The van der Waals surface area contributed by atoms with Gasteiger partial charge in [-0.05, 0) is 12.6 Å². The molecule has 0 aliphatic heterocycles. The summed E-state index contributed by atoms with van der Waals surface area (Å²) in [4.78, 5) is 13.8. The van der Waals surface area contributed by atoms with Gasteiger partial charge in [-0.15, -0.1) is 0 Å². The van der Waals surface area contributed by atoms with E-state index in [1.165, 1.54) is 5.56 Å². The van der Waals surface area contributed by atoms with Crippen LogP contribution in [0.3, 0.4) is 0 Å². The van der Waals surface area contributed by atoms with E-state index in [4.69, 9.17) is 0 Å². The van der Waals surface area contributed by atoms with E-state index >= 15 is 0 Å². The maximum absolute atomic E-state index is 11.6. The zero-order chi connectivity index (χ0) is 15.0. The highest BCUT2D eigenvalue weighted by atomic mass is 16.2. The molecule has 0 saturated carbocycles. The summed E-state index contributed by atoms with van der Waals surface area (Å²) >= 11 is 0. The topological polar surface area (TPSA) is 32.3 Å². The Morgan fingerprint density at radius 3 is 2.45 bits per heavy atom. The minimum absolute atomic E-state index is 0.0319. The highest BCUT2D eigenvalue weighted by molar-refractivity contribution is 5.81. The molecule has 1 amide bonds. The lowest BCUT2D eigenvalue weighted by Gasteiger charge is -2.16. The van der Waals surface area contributed by atoms with Crippen molar-refractivity contribution in [3.8, 4) is 11.8 Å². The molecule has 0 atom stereocenters. The van der Waals surface area contributed by atoms with Gasteiger partial charge in [-0.1, -0.05) is 62.9 Å². The molecule has 0 radical (unpaired) electrons. The average molecular weight is 272 g/mol. The van der Waals surface area contributed by atoms with Gasteiger partial charge >= 0.3 is 0 Å². The largest absolute Gasteiger partial charge is 0.345 e. The van der Waals surface area contributed by atoms with E-state index in [2.05, 4.69) is 34.2 Å². The third-order valence-corrected chi connectivity index (χ3v) is 2.79. The fraction of sp³-hybridized carbons (Fsp3) is 0.471. The molecule has 0 aromatic heterocycles. The van der Waals surface area contributed by atoms with Crippen LogP contribution >= 0.6 is 0 Å². The van der Waals surface area contributed by atoms with E-state index in [9.17, 15) is 4.79 Å². The first-order valence-corrected chi connectivity index (χ1v) is 6.86. The molecule has 3 nitrogen and oxygen atoms in total. The molecule has 0 fully saturated rings. The molecular weight excluding hydrogens is 248 g/mol. The van der Waals surface area contributed by atoms with Crippen molar-refractivity contribution in [3.05, 3.63) is 35.9 Å². The predicted molar refractivity (Wildman–Crippen MR) is 83.0 cm³/mol. The number of rotatable bonds is 4. The van der Waals surface area contributed by atoms with E-state index in [1.807, 2.05) is 46.0 Å². The Kier molecular flexibility index (Phi) is 6.27. The summed E-state index contributed by atoms with van der Waals surface area (Å²) in [6, 6.07) is 10.3. The van der Waals surface area contributed by atoms with Crippen LogP contribution in [0.2, 0.25) is 0 Å². The van der Waals surface area contributed by atoms with Gasteiger partial charge in [0.25, 0.3) is 0 Å². The first-order chi connectivity index (χ1) is 9.39. The van der Waals surface area contributed by atoms with Gasteiger partial charge in [0, 0.05) is 12.0 Å². The monoisotopic (exact) mass is 272 g/mol. The van der Waals surface area contributed by atoms with Crippen molar-refractivity contribution < 1.29 is 4.79 Å². The van der Waals surface area contributed by atoms with Crippen LogP contribution in [0.5, 0.6) is 0 Å². The number of nitrogens with one attached hydrogen (secondary N) is 1. The molecule has 20 heavy (non-hydrogen) atoms. The highest BCUT2D eigenvalue weighted by Crippen LogP contribution is 2.11. The Bertz CT molecular complexity index is 477. The van der Waals surface area contributed by atoms with Gasteiger partial charge in [0.05, 0.1) is 13.1 Å². The smallest absolute Gasteiger partial charge is 0.226 e. The quantitative estimate of drug-likeness (QED) is 0.853. The number of hydrogen-bond acceptors (Lipinski definition) is 2. The molecule has 0 bridgehead atoms. The highest BCUT2D eigenvalue weighted by Gasteiger charge is 2.19. The van der Waals surface area contributed by atoms with Crippen molar-refractivity contribution in [3.63, 3.8) is 0 Å². The Morgan fingerprint density at radius 2 is 1.85 bits per heavy atom. The van der Waals surface area contributed by atoms with E-state index in [0.29, 0.717) is 13.1 Å². The Morgan fingerprint density at radius 1 is 1.20 bits per heavy atom. The number of nitrogens with zero attached hydrogens (tertiary/aromatic N) is 1. The summed E-state index contributed by atoms with van der Waals surface area (Å²) in [5, 5.41) is 2.81. The van der Waals surface area contributed by atoms with Crippen molar-refractivity contribution in [1.82, 2.24) is 10.2 Å². The van der Waals surface area contributed by atoms with Crippen molar-refractivity contribution >= 4 is 5.91 Å². The lowest BCUT2D eigenvalue weighted by atomic mass is 9.96. The summed E-state index contributed by atoms with van der Waals surface area (Å²) in [5.41, 5.74) is 0.920. The molecule has 1 aromatic carbocycles. The number of carbonyl (C=O) groups is 1. The summed E-state index contributed by atoms with van der Waals surface area (Å²) in [5.74, 6) is 6.09. The van der Waals surface area contributed by atoms with Gasteiger partial charge in [0.15, 0.2) is 0 Å². The van der Waals surface area contributed by atoms with Crippen LogP contribution in [0.25, 0.3) is 0 Å². The molecular formula is C17H24N2O. The molecule has 1 aromatic rings. The number of carbonyl (C=O) groups excluding carboxylic acids is 1. The van der Waals surface area contributed by atoms with Crippen molar-refractivity contribution in [1.29, 1.82) is 0 Å². The predicted octanol–water partition coefficient (Wildman–Crippen LogP) is 2.28. The van der Waals surface area contributed by atoms with Crippen LogP contribution < -0.4 is 5.32 Å². The zero-order valence-electron chi connectivity index (χ0n) is 12.9. The van der Waals surface area contributed by atoms with E-state index in [1.54, 1.807) is 0 Å². The molecule has 1 rings (SSSR count). The first kappa shape index (κ1) is 16.3. The lowest BCUT2D eigenvalue weighted by molar-refractivity contribution is -0.128. The fourth-order valence-electron chi connectivity index (χ4n) is 1.59. The van der Waals surface area contributed by atoms with E-state index in [-0.39, 0.29) is 11.3 Å². The van der Waals surface area contributed by atoms with Crippen LogP contribution in [-0.2, 0) is 11.3 Å². The van der Waals surface area contributed by atoms with Gasteiger partial charge in [-0.3, -0.25) is 9.69 Å². The van der Waals surface area contributed by atoms with Crippen molar-refractivity contribution in [2.45, 2.75) is 27.3 Å². The maximum Gasteiger partial charge on any atom is 0.226 e. The molecule has 0 aliphatic carbocycles. The van der Waals surface area contributed by atoms with Crippen LogP contribution in [0.1, 0.15) is 26.3 Å².